The molecule has 1 aliphatic rings. The number of benzene rings is 1. The van der Waals surface area contributed by atoms with Crippen LogP contribution in [0.4, 0.5) is 21.4 Å². The summed E-state index contributed by atoms with van der Waals surface area (Å²) in [7, 11) is 0. The number of thiazole rings is 1. The lowest BCUT2D eigenvalue weighted by molar-refractivity contribution is -0.115. The zero-order chi connectivity index (χ0) is 23.0. The smallest absolute Gasteiger partial charge is 0.323 e. The number of nitrogens with one attached hydrogen (secondary N) is 2. The first-order chi connectivity index (χ1) is 16.1. The van der Waals surface area contributed by atoms with Crippen LogP contribution in [-0.2, 0) is 11.2 Å². The fourth-order valence-electron chi connectivity index (χ4n) is 3.51. The number of ether oxygens (including phenoxy) is 1. The molecule has 3 amide bonds. The number of nitrogens with zero attached hydrogens (tertiary/aromatic N) is 4. The van der Waals surface area contributed by atoms with Crippen molar-refractivity contribution in [1.29, 1.82) is 0 Å². The maximum absolute atomic E-state index is 12.6. The van der Waals surface area contributed by atoms with Crippen molar-refractivity contribution in [3.05, 3.63) is 59.7 Å². The van der Waals surface area contributed by atoms with Gasteiger partial charge in [0, 0.05) is 37.8 Å². The molecule has 0 atom stereocenters. The van der Waals surface area contributed by atoms with Crippen molar-refractivity contribution >= 4 is 39.9 Å². The molecule has 1 aromatic carbocycles. The molecule has 9 nitrogen and oxygen atoms in total. The van der Waals surface area contributed by atoms with Gasteiger partial charge in [0.1, 0.15) is 11.6 Å². The third-order valence-electron chi connectivity index (χ3n) is 5.11. The average molecular weight is 467 g/mol. The molecular weight excluding hydrogens is 440 g/mol. The highest BCUT2D eigenvalue weighted by Gasteiger charge is 2.22. The third-order valence-corrected chi connectivity index (χ3v) is 5.91. The van der Waals surface area contributed by atoms with E-state index in [1.54, 1.807) is 22.5 Å². The molecule has 1 fully saturated rings. The number of hydrogen-bond donors (Lipinski definition) is 2. The number of hydrogen-bond acceptors (Lipinski definition) is 7. The van der Waals surface area contributed by atoms with Crippen LogP contribution in [0.3, 0.4) is 0 Å². The minimum absolute atomic E-state index is 0.107. The lowest BCUT2D eigenvalue weighted by Gasteiger charge is -2.35. The predicted molar refractivity (Wildman–Crippen MR) is 129 cm³/mol. The van der Waals surface area contributed by atoms with Crippen LogP contribution in [0.25, 0.3) is 0 Å². The van der Waals surface area contributed by atoms with Gasteiger partial charge in [-0.05, 0) is 31.2 Å². The molecule has 33 heavy (non-hydrogen) atoms. The minimum atomic E-state index is -0.198. The summed E-state index contributed by atoms with van der Waals surface area (Å²) in [5.41, 5.74) is 1.22. The second-order valence-corrected chi connectivity index (χ2v) is 8.25. The van der Waals surface area contributed by atoms with Crippen LogP contribution in [-0.4, -0.2) is 59.6 Å². The first-order valence-corrected chi connectivity index (χ1v) is 11.7. The molecule has 2 aromatic heterocycles. The average Bonchev–Trinajstić information content (AvgIpc) is 3.27. The molecule has 3 heterocycles. The van der Waals surface area contributed by atoms with Crippen molar-refractivity contribution in [3.63, 3.8) is 0 Å². The topological polar surface area (TPSA) is 99.7 Å². The Morgan fingerprint density at radius 1 is 1.06 bits per heavy atom. The van der Waals surface area contributed by atoms with Gasteiger partial charge < -0.3 is 19.9 Å². The lowest BCUT2D eigenvalue weighted by atomic mass is 10.2. The summed E-state index contributed by atoms with van der Waals surface area (Å²) in [6.07, 6.45) is 1.88. The second-order valence-electron chi connectivity index (χ2n) is 7.39. The maximum atomic E-state index is 12.6. The SMILES string of the molecule is CCOc1ccccc1NC(=O)Cc1csc(NC(=O)N2CCN(c3ccccn3)CC2)n1. The molecule has 3 aromatic rings. The Morgan fingerprint density at radius 3 is 2.61 bits per heavy atom. The molecule has 172 valence electrons. The fraction of sp³-hybridized carbons (Fsp3) is 0.304. The Hall–Kier alpha value is -3.66. The molecule has 0 radical (unpaired) electrons. The Labute approximate surface area is 196 Å². The highest BCUT2D eigenvalue weighted by atomic mass is 32.1. The Morgan fingerprint density at radius 2 is 1.85 bits per heavy atom. The van der Waals surface area contributed by atoms with Crippen LogP contribution >= 0.6 is 11.3 Å². The molecule has 0 saturated carbocycles. The van der Waals surface area contributed by atoms with E-state index in [1.807, 2.05) is 43.3 Å². The normalized spacial score (nSPS) is 13.5. The Bertz CT molecular complexity index is 1080. The Balaban J connectivity index is 1.26. The van der Waals surface area contributed by atoms with Crippen LogP contribution in [0.2, 0.25) is 0 Å². The molecule has 2 N–H and O–H groups in total. The number of rotatable bonds is 7. The highest BCUT2D eigenvalue weighted by molar-refractivity contribution is 7.13. The van der Waals surface area contributed by atoms with Gasteiger partial charge in [-0.15, -0.1) is 11.3 Å². The summed E-state index contributed by atoms with van der Waals surface area (Å²) in [5.74, 6) is 1.35. The summed E-state index contributed by atoms with van der Waals surface area (Å²) in [4.78, 5) is 37.8. The van der Waals surface area contributed by atoms with Crippen LogP contribution in [0, 0.1) is 0 Å². The molecule has 1 aliphatic heterocycles. The molecule has 0 spiro atoms. The quantitative estimate of drug-likeness (QED) is 0.553. The van der Waals surface area contributed by atoms with Crippen molar-refractivity contribution in [2.45, 2.75) is 13.3 Å². The first-order valence-electron chi connectivity index (χ1n) is 10.8. The van der Waals surface area contributed by atoms with Crippen molar-refractivity contribution in [3.8, 4) is 5.75 Å². The zero-order valence-corrected chi connectivity index (χ0v) is 19.2. The van der Waals surface area contributed by atoms with Crippen LogP contribution in [0.15, 0.2) is 54.0 Å². The third kappa shape index (κ3) is 5.98. The van der Waals surface area contributed by atoms with Crippen molar-refractivity contribution in [2.75, 3.05) is 48.3 Å². The summed E-state index contributed by atoms with van der Waals surface area (Å²) in [5, 5.41) is 7.96. The number of amides is 3. The van der Waals surface area contributed by atoms with E-state index in [1.165, 1.54) is 11.3 Å². The summed E-state index contributed by atoms with van der Waals surface area (Å²) >= 11 is 1.30. The maximum Gasteiger partial charge on any atom is 0.323 e. The van der Waals surface area contributed by atoms with E-state index in [0.29, 0.717) is 42.0 Å². The van der Waals surface area contributed by atoms with Crippen LogP contribution < -0.4 is 20.3 Å². The molecule has 4 rings (SSSR count). The number of carbonyl (C=O) groups excluding carboxylic acids is 2. The van der Waals surface area contributed by atoms with E-state index in [9.17, 15) is 9.59 Å². The lowest BCUT2D eigenvalue weighted by Crippen LogP contribution is -2.50. The van der Waals surface area contributed by atoms with Crippen LogP contribution in [0.5, 0.6) is 5.75 Å². The van der Waals surface area contributed by atoms with Gasteiger partial charge in [0.25, 0.3) is 0 Å². The highest BCUT2D eigenvalue weighted by Crippen LogP contribution is 2.24. The van der Waals surface area contributed by atoms with E-state index >= 15 is 0 Å². The van der Waals surface area contributed by atoms with Gasteiger partial charge in [0.15, 0.2) is 5.13 Å². The second kappa shape index (κ2) is 10.8. The Kier molecular flexibility index (Phi) is 7.36. The molecule has 0 aliphatic carbocycles. The van der Waals surface area contributed by atoms with Crippen molar-refractivity contribution in [2.24, 2.45) is 0 Å². The molecule has 0 unspecified atom stereocenters. The van der Waals surface area contributed by atoms with Crippen LogP contribution in [0.1, 0.15) is 12.6 Å². The number of pyridine rings is 1. The number of piperazine rings is 1. The number of aromatic nitrogens is 2. The van der Waals surface area contributed by atoms with Gasteiger partial charge in [0.2, 0.25) is 5.91 Å². The summed E-state index contributed by atoms with van der Waals surface area (Å²) in [6, 6.07) is 12.9. The van der Waals surface area contributed by atoms with Gasteiger partial charge in [-0.25, -0.2) is 14.8 Å². The fourth-order valence-corrected chi connectivity index (χ4v) is 4.21. The van der Waals surface area contributed by atoms with Gasteiger partial charge in [-0.3, -0.25) is 10.1 Å². The first kappa shape index (κ1) is 22.5. The monoisotopic (exact) mass is 466 g/mol. The van der Waals surface area contributed by atoms with Crippen molar-refractivity contribution in [1.82, 2.24) is 14.9 Å². The summed E-state index contributed by atoms with van der Waals surface area (Å²) < 4.78 is 5.54. The van der Waals surface area contributed by atoms with Gasteiger partial charge in [-0.1, -0.05) is 18.2 Å². The molecule has 10 heteroatoms. The number of carbonyl (C=O) groups is 2. The minimum Gasteiger partial charge on any atom is -0.492 e. The largest absolute Gasteiger partial charge is 0.492 e. The standard InChI is InChI=1S/C23H26N6O3S/c1-2-32-19-8-4-3-7-18(19)26-21(30)15-17-16-33-22(25-17)27-23(31)29-13-11-28(12-14-29)20-9-5-6-10-24-20/h3-10,16H,2,11-15H2,1H3,(H,26,30)(H,25,27,31). The van der Waals surface area contributed by atoms with E-state index in [2.05, 4.69) is 25.5 Å². The molecule has 1 saturated heterocycles. The number of para-hydroxylation sites is 2. The molecular formula is C23H26N6O3S. The van der Waals surface area contributed by atoms with E-state index in [0.717, 1.165) is 18.9 Å². The number of anilines is 3. The van der Waals surface area contributed by atoms with Gasteiger partial charge in [-0.2, -0.15) is 0 Å². The van der Waals surface area contributed by atoms with E-state index in [-0.39, 0.29) is 18.4 Å². The van der Waals surface area contributed by atoms with Crippen molar-refractivity contribution < 1.29 is 14.3 Å². The zero-order valence-electron chi connectivity index (χ0n) is 18.4. The predicted octanol–water partition coefficient (Wildman–Crippen LogP) is 3.47. The van der Waals surface area contributed by atoms with E-state index < -0.39 is 0 Å². The van der Waals surface area contributed by atoms with Gasteiger partial charge >= 0.3 is 6.03 Å². The number of urea groups is 1. The van der Waals surface area contributed by atoms with E-state index in [4.69, 9.17) is 4.74 Å². The summed E-state index contributed by atoms with van der Waals surface area (Å²) in [6.45, 7) is 5.04. The molecule has 0 bridgehead atoms. The van der Waals surface area contributed by atoms with Gasteiger partial charge in [0.05, 0.1) is 24.4 Å².